The third-order valence-corrected chi connectivity index (χ3v) is 14.5. The summed E-state index contributed by atoms with van der Waals surface area (Å²) in [5, 5.41) is 5.81. The molecular formula is C50H70N6O10. The molecule has 360 valence electrons. The van der Waals surface area contributed by atoms with E-state index in [9.17, 15) is 28.8 Å². The highest BCUT2D eigenvalue weighted by molar-refractivity contribution is 5.91. The van der Waals surface area contributed by atoms with Crippen LogP contribution in [0, 0.1) is 23.7 Å². The molecule has 16 heteroatoms. The van der Waals surface area contributed by atoms with Gasteiger partial charge in [-0.25, -0.2) is 0 Å². The van der Waals surface area contributed by atoms with E-state index in [1.54, 1.807) is 25.8 Å². The zero-order valence-corrected chi connectivity index (χ0v) is 39.1. The number of amides is 3. The molecule has 0 aromatic heterocycles. The zero-order chi connectivity index (χ0) is 46.7. The molecule has 5 saturated heterocycles. The Kier molecular flexibility index (Phi) is 17.4. The van der Waals surface area contributed by atoms with E-state index >= 15 is 0 Å². The number of hydrogen-bond acceptors (Lipinski definition) is 13. The number of esters is 2. The number of ketones is 1. The number of benzene rings is 2. The zero-order valence-electron chi connectivity index (χ0n) is 39.1. The Labute approximate surface area is 389 Å². The first-order valence-electron chi connectivity index (χ1n) is 24.1. The van der Waals surface area contributed by atoms with Gasteiger partial charge in [0, 0.05) is 76.5 Å². The summed E-state index contributed by atoms with van der Waals surface area (Å²) < 4.78 is 24.6. The van der Waals surface area contributed by atoms with E-state index in [4.69, 9.17) is 18.9 Å². The van der Waals surface area contributed by atoms with Crippen LogP contribution in [0.1, 0.15) is 57.6 Å². The van der Waals surface area contributed by atoms with E-state index in [1.165, 1.54) is 11.1 Å². The maximum absolute atomic E-state index is 14.6. The maximum atomic E-state index is 14.6. The highest BCUT2D eigenvalue weighted by Gasteiger charge is 2.52. The first kappa shape index (κ1) is 49.2. The first-order chi connectivity index (χ1) is 31.9. The summed E-state index contributed by atoms with van der Waals surface area (Å²) in [6.45, 7) is 10.1. The number of ether oxygens (including phenoxy) is 4. The third kappa shape index (κ3) is 12.4. The van der Waals surface area contributed by atoms with Crippen molar-refractivity contribution in [2.24, 2.45) is 23.7 Å². The van der Waals surface area contributed by atoms with Gasteiger partial charge in [0.05, 0.1) is 62.3 Å². The topological polar surface area (TPSA) is 176 Å². The Hall–Kier alpha value is -4.74. The van der Waals surface area contributed by atoms with Crippen LogP contribution in [-0.2, 0) is 60.6 Å². The molecule has 5 fully saturated rings. The van der Waals surface area contributed by atoms with Gasteiger partial charge in [-0.1, -0.05) is 74.5 Å². The van der Waals surface area contributed by atoms with Crippen molar-refractivity contribution in [2.45, 2.75) is 95.7 Å². The number of nitrogens with one attached hydrogen (secondary N) is 2. The Morgan fingerprint density at radius 1 is 0.682 bits per heavy atom. The Morgan fingerprint density at radius 2 is 1.18 bits per heavy atom. The van der Waals surface area contributed by atoms with Crippen LogP contribution in [0.2, 0.25) is 0 Å². The largest absolute Gasteiger partial charge is 0.465 e. The van der Waals surface area contributed by atoms with Crippen molar-refractivity contribution >= 4 is 35.4 Å². The smallest absolute Gasteiger partial charge is 0.306 e. The van der Waals surface area contributed by atoms with Crippen molar-refractivity contribution in [3.63, 3.8) is 0 Å². The number of carbonyl (C=O) groups excluding carboxylic acids is 6. The molecule has 66 heavy (non-hydrogen) atoms. The van der Waals surface area contributed by atoms with Crippen LogP contribution in [-0.4, -0.2) is 177 Å². The standard InChI is InChI=1S/C50H70N6O10/c1-5-33(2)48(60)52-40-32-66-47(59)17-16-46(58)65-31-37(24-43(57)34(3)51-4)49(61)55-29-44(38-25-53(27-41(38)55)20-18-35-12-8-6-9-13-35)63-22-23-64-45-30-56(50(40)62)42-28-54(26-39(42)45)21-19-36-14-10-7-11-15-36/h6-15,33-34,37-42,44-45,51H,5,16-32H2,1-4H3,(H,52,60)/t33-,34+,37+,38+,39+,40+,41-,42-,44-,45-/m1/s1. The summed E-state index contributed by atoms with van der Waals surface area (Å²) in [5.74, 6) is -3.92. The predicted molar refractivity (Wildman–Crippen MR) is 245 cm³/mol. The quantitative estimate of drug-likeness (QED) is 0.280. The van der Waals surface area contributed by atoms with Crippen molar-refractivity contribution in [3.05, 3.63) is 71.8 Å². The van der Waals surface area contributed by atoms with Crippen molar-refractivity contribution in [1.29, 1.82) is 0 Å². The van der Waals surface area contributed by atoms with E-state index in [1.807, 2.05) is 48.2 Å². The monoisotopic (exact) mass is 915 g/mol. The van der Waals surface area contributed by atoms with Crippen molar-refractivity contribution in [2.75, 3.05) is 85.8 Å². The van der Waals surface area contributed by atoms with Gasteiger partial charge in [0.25, 0.3) is 0 Å². The van der Waals surface area contributed by atoms with E-state index in [0.717, 1.165) is 39.0 Å². The second-order valence-corrected chi connectivity index (χ2v) is 18.9. The van der Waals surface area contributed by atoms with Crippen LogP contribution in [0.25, 0.3) is 0 Å². The number of Topliss-reactive ketones (excluding diaryl/α,β-unsaturated/α-hetero) is 1. The molecular weight excluding hydrogens is 845 g/mol. The lowest BCUT2D eigenvalue weighted by Crippen LogP contribution is -2.54. The second kappa shape index (κ2) is 23.3. The maximum Gasteiger partial charge on any atom is 0.306 e. The van der Waals surface area contributed by atoms with E-state index in [0.29, 0.717) is 32.6 Å². The lowest BCUT2D eigenvalue weighted by atomic mass is 9.97. The molecule has 2 N–H and O–H groups in total. The van der Waals surface area contributed by atoms with Crippen molar-refractivity contribution < 1.29 is 47.7 Å². The number of hydrogen-bond donors (Lipinski definition) is 2. The molecule has 3 amide bonds. The number of carbonyl (C=O) groups is 6. The van der Waals surface area contributed by atoms with Gasteiger partial charge in [0.1, 0.15) is 25.0 Å². The molecule has 4 bridgehead atoms. The minimum atomic E-state index is -1.15. The minimum Gasteiger partial charge on any atom is -0.465 e. The lowest BCUT2D eigenvalue weighted by molar-refractivity contribution is -0.155. The van der Waals surface area contributed by atoms with E-state index < -0.39 is 36.5 Å². The van der Waals surface area contributed by atoms with Gasteiger partial charge in [-0.05, 0) is 44.4 Å². The Balaban J connectivity index is 1.12. The molecule has 5 heterocycles. The molecule has 0 spiro atoms. The van der Waals surface area contributed by atoms with E-state index in [-0.39, 0.29) is 105 Å². The average Bonchev–Trinajstić information content (AvgIpc) is 4.11. The summed E-state index contributed by atoms with van der Waals surface area (Å²) in [7, 11) is 1.68. The SMILES string of the molecule is CC[C@@H](C)C(=O)N[C@H]1COC(=O)CCC(=O)OC[C@H](CC(=O)[C@H](C)NC)C(=O)N2C[C@@H](OCCO[C@@H]3CN(C1=O)[C@@H]1CN(CCc4ccccc4)C[C@@H]13)[C@H]1CN(CCc3ccccc3)C[C@H]12. The number of likely N-dealkylation sites (N-methyl/N-ethyl adjacent to an activating group) is 1. The van der Waals surface area contributed by atoms with Crippen molar-refractivity contribution in [1.82, 2.24) is 30.2 Å². The summed E-state index contributed by atoms with van der Waals surface area (Å²) in [6, 6.07) is 18.5. The lowest BCUT2D eigenvalue weighted by Gasteiger charge is -2.30. The van der Waals surface area contributed by atoms with Gasteiger partial charge in [0.2, 0.25) is 17.7 Å². The van der Waals surface area contributed by atoms with Gasteiger partial charge in [-0.15, -0.1) is 0 Å². The number of likely N-dealkylation sites (tertiary alicyclic amines) is 2. The average molecular weight is 915 g/mol. The normalized spacial score (nSPS) is 29.3. The molecule has 0 aliphatic carbocycles. The number of cyclic esters (lactones) is 2. The Morgan fingerprint density at radius 3 is 1.68 bits per heavy atom. The van der Waals surface area contributed by atoms with E-state index in [2.05, 4.69) is 44.7 Å². The van der Waals surface area contributed by atoms with Gasteiger partial charge in [-0.2, -0.15) is 0 Å². The third-order valence-electron chi connectivity index (χ3n) is 14.5. The molecule has 7 rings (SSSR count). The Bertz CT molecular complexity index is 1830. The fourth-order valence-corrected chi connectivity index (χ4v) is 10.2. The van der Waals surface area contributed by atoms with Gasteiger partial charge < -0.3 is 49.2 Å². The molecule has 2 aromatic rings. The fourth-order valence-electron chi connectivity index (χ4n) is 10.2. The van der Waals surface area contributed by atoms with Crippen LogP contribution in [0.4, 0.5) is 0 Å². The summed E-state index contributed by atoms with van der Waals surface area (Å²) in [4.78, 5) is 90.6. The van der Waals surface area contributed by atoms with Crippen LogP contribution < -0.4 is 10.6 Å². The molecule has 0 unspecified atom stereocenters. The number of fused-ring (bicyclic) bond motifs is 10. The number of nitrogens with zero attached hydrogens (tertiary/aromatic N) is 4. The van der Waals surface area contributed by atoms with Gasteiger partial charge >= 0.3 is 11.9 Å². The second-order valence-electron chi connectivity index (χ2n) is 18.9. The molecule has 5 aliphatic heterocycles. The van der Waals surface area contributed by atoms with Crippen LogP contribution in [0.15, 0.2) is 60.7 Å². The van der Waals surface area contributed by atoms with Crippen LogP contribution in [0.3, 0.4) is 0 Å². The number of rotatable bonds is 13. The molecule has 0 saturated carbocycles. The molecule has 10 atom stereocenters. The predicted octanol–water partition coefficient (Wildman–Crippen LogP) is 2.12. The molecule has 2 aromatic carbocycles. The van der Waals surface area contributed by atoms with Gasteiger partial charge in [0.15, 0.2) is 0 Å². The fraction of sp³-hybridized carbons (Fsp3) is 0.640. The molecule has 5 aliphatic rings. The van der Waals surface area contributed by atoms with Crippen molar-refractivity contribution in [3.8, 4) is 0 Å². The first-order valence-corrected chi connectivity index (χ1v) is 24.1. The summed E-state index contributed by atoms with van der Waals surface area (Å²) >= 11 is 0. The molecule has 16 nitrogen and oxygen atoms in total. The van der Waals surface area contributed by atoms with Gasteiger partial charge in [-0.3, -0.25) is 28.8 Å². The minimum absolute atomic E-state index is 0.00643. The highest BCUT2D eigenvalue weighted by atomic mass is 16.5. The van der Waals surface area contributed by atoms with Crippen LogP contribution in [0.5, 0.6) is 0 Å². The highest BCUT2D eigenvalue weighted by Crippen LogP contribution is 2.37. The summed E-state index contributed by atoms with van der Waals surface area (Å²) in [5.41, 5.74) is 2.46. The molecule has 0 radical (unpaired) electrons. The summed E-state index contributed by atoms with van der Waals surface area (Å²) in [6.07, 6.45) is 0.830. The van der Waals surface area contributed by atoms with Crippen LogP contribution >= 0.6 is 0 Å².